The Labute approximate surface area is 205 Å². The number of esters is 2. The van der Waals surface area contributed by atoms with E-state index in [1.165, 1.54) is 22.8 Å². The van der Waals surface area contributed by atoms with Crippen LogP contribution in [0, 0.1) is 0 Å². The number of aromatic nitrogens is 1. The molecule has 0 N–H and O–H groups in total. The third-order valence-electron chi connectivity index (χ3n) is 5.40. The van der Waals surface area contributed by atoms with Crippen molar-refractivity contribution >= 4 is 29.4 Å². The second-order valence-corrected chi connectivity index (χ2v) is 8.72. The van der Waals surface area contributed by atoms with Crippen molar-refractivity contribution in [2.45, 2.75) is 26.8 Å². The molecule has 4 rings (SSSR count). The predicted octanol–water partition coefficient (Wildman–Crippen LogP) is 2.73. The summed E-state index contributed by atoms with van der Waals surface area (Å²) >= 11 is 1.23. The number of nitrogens with zero attached hydrogens (tertiary/aromatic N) is 2. The van der Waals surface area contributed by atoms with E-state index in [1.807, 2.05) is 24.3 Å². The lowest BCUT2D eigenvalue weighted by atomic mass is 9.96. The molecule has 1 aliphatic heterocycles. The first-order valence-corrected chi connectivity index (χ1v) is 11.8. The van der Waals surface area contributed by atoms with Crippen molar-refractivity contribution in [3.05, 3.63) is 90.6 Å². The largest absolute Gasteiger partial charge is 0.496 e. The van der Waals surface area contributed by atoms with Gasteiger partial charge in [0.05, 0.1) is 35.6 Å². The van der Waals surface area contributed by atoms with Gasteiger partial charge in [-0.05, 0) is 43.7 Å². The molecule has 2 aromatic carbocycles. The van der Waals surface area contributed by atoms with Gasteiger partial charge in [-0.15, -0.1) is 0 Å². The van der Waals surface area contributed by atoms with Crippen LogP contribution in [0.3, 0.4) is 0 Å². The van der Waals surface area contributed by atoms with Gasteiger partial charge in [0.1, 0.15) is 11.5 Å². The molecule has 0 saturated heterocycles. The maximum atomic E-state index is 13.6. The maximum Gasteiger partial charge on any atom is 0.338 e. The van der Waals surface area contributed by atoms with Crippen LogP contribution in [0.4, 0.5) is 0 Å². The maximum absolute atomic E-state index is 13.6. The van der Waals surface area contributed by atoms with Crippen LogP contribution < -0.4 is 24.4 Å². The summed E-state index contributed by atoms with van der Waals surface area (Å²) in [6.45, 7) is 4.95. The quantitative estimate of drug-likeness (QED) is 0.388. The number of rotatable bonds is 6. The van der Waals surface area contributed by atoms with E-state index in [0.717, 1.165) is 5.56 Å². The Morgan fingerprint density at radius 3 is 2.51 bits per heavy atom. The zero-order valence-electron chi connectivity index (χ0n) is 19.7. The summed E-state index contributed by atoms with van der Waals surface area (Å²) in [6.07, 6.45) is 1.76. The summed E-state index contributed by atoms with van der Waals surface area (Å²) in [5, 5.41) is 0. The number of hydrogen-bond donors (Lipinski definition) is 0. The Hall–Kier alpha value is -3.98. The molecule has 9 heteroatoms. The molecule has 0 bridgehead atoms. The summed E-state index contributed by atoms with van der Waals surface area (Å²) in [6, 6.07) is 13.3. The highest BCUT2D eigenvalue weighted by Gasteiger charge is 2.33. The van der Waals surface area contributed by atoms with E-state index in [2.05, 4.69) is 4.99 Å². The van der Waals surface area contributed by atoms with Crippen LogP contribution in [-0.4, -0.2) is 30.2 Å². The van der Waals surface area contributed by atoms with Crippen molar-refractivity contribution in [1.29, 1.82) is 0 Å². The van der Waals surface area contributed by atoms with Crippen molar-refractivity contribution in [1.82, 2.24) is 4.57 Å². The lowest BCUT2D eigenvalue weighted by Crippen LogP contribution is -2.39. The third-order valence-corrected chi connectivity index (χ3v) is 6.38. The number of benzene rings is 2. The van der Waals surface area contributed by atoms with Gasteiger partial charge in [-0.25, -0.2) is 9.79 Å². The second kappa shape index (κ2) is 10.1. The molecule has 1 atom stereocenters. The SMILES string of the molecule is CCOC(=O)C1=C(C)N=c2sc(=Cc3ccccc3OC)c(=O)n2[C@H]1c1ccc(OC(C)=O)cc1. The molecule has 0 fully saturated rings. The average Bonchev–Trinajstić information content (AvgIpc) is 3.13. The Kier molecular flexibility index (Phi) is 6.97. The normalized spacial score (nSPS) is 15.3. The van der Waals surface area contributed by atoms with E-state index in [9.17, 15) is 14.4 Å². The van der Waals surface area contributed by atoms with E-state index >= 15 is 0 Å². The van der Waals surface area contributed by atoms with Gasteiger partial charge in [-0.2, -0.15) is 0 Å². The van der Waals surface area contributed by atoms with Crippen LogP contribution in [0.25, 0.3) is 6.08 Å². The van der Waals surface area contributed by atoms with E-state index in [-0.39, 0.29) is 17.7 Å². The zero-order valence-corrected chi connectivity index (χ0v) is 20.5. The summed E-state index contributed by atoms with van der Waals surface area (Å²) in [4.78, 5) is 42.9. The standard InChI is InChI=1S/C26H24N2O6S/c1-5-33-25(31)22-15(2)27-26-28(23(22)17-10-12-19(13-11-17)34-16(3)29)24(30)21(35-26)14-18-8-6-7-9-20(18)32-4/h6-14,23H,5H2,1-4H3/t23-/m0/s1. The van der Waals surface area contributed by atoms with Crippen molar-refractivity contribution in [3.8, 4) is 11.5 Å². The lowest BCUT2D eigenvalue weighted by Gasteiger charge is -2.24. The van der Waals surface area contributed by atoms with E-state index < -0.39 is 18.0 Å². The molecule has 3 aromatic rings. The fourth-order valence-electron chi connectivity index (χ4n) is 3.92. The van der Waals surface area contributed by atoms with Crippen LogP contribution in [0.1, 0.15) is 37.9 Å². The Morgan fingerprint density at radius 1 is 1.14 bits per heavy atom. The Bertz CT molecular complexity index is 1500. The summed E-state index contributed by atoms with van der Waals surface area (Å²) in [7, 11) is 1.57. The number of hydrogen-bond acceptors (Lipinski definition) is 8. The lowest BCUT2D eigenvalue weighted by molar-refractivity contribution is -0.139. The van der Waals surface area contributed by atoms with Crippen LogP contribution >= 0.6 is 11.3 Å². The third kappa shape index (κ3) is 4.81. The molecule has 180 valence electrons. The number of thiazole rings is 1. The molecule has 1 aromatic heterocycles. The second-order valence-electron chi connectivity index (χ2n) is 7.71. The van der Waals surface area contributed by atoms with Crippen LogP contribution in [0.5, 0.6) is 11.5 Å². The fourth-order valence-corrected chi connectivity index (χ4v) is 4.96. The molecule has 0 radical (unpaired) electrons. The monoisotopic (exact) mass is 492 g/mol. The van der Waals surface area contributed by atoms with Crippen molar-refractivity contribution in [2.75, 3.05) is 13.7 Å². The van der Waals surface area contributed by atoms with E-state index in [4.69, 9.17) is 14.2 Å². The number of ether oxygens (including phenoxy) is 3. The molecule has 1 aliphatic rings. The average molecular weight is 493 g/mol. The molecule has 0 unspecified atom stereocenters. The predicted molar refractivity (Wildman–Crippen MR) is 131 cm³/mol. The topological polar surface area (TPSA) is 96.2 Å². The molecule has 0 spiro atoms. The number of methoxy groups -OCH3 is 1. The molecular weight excluding hydrogens is 468 g/mol. The minimum absolute atomic E-state index is 0.186. The molecule has 2 heterocycles. The highest BCUT2D eigenvalue weighted by Crippen LogP contribution is 2.31. The molecule has 35 heavy (non-hydrogen) atoms. The molecule has 0 saturated carbocycles. The summed E-state index contributed by atoms with van der Waals surface area (Å²) < 4.78 is 17.8. The number of allylic oxidation sites excluding steroid dienone is 1. The van der Waals surface area contributed by atoms with E-state index in [0.29, 0.717) is 32.1 Å². The highest BCUT2D eigenvalue weighted by molar-refractivity contribution is 7.07. The molecule has 8 nitrogen and oxygen atoms in total. The number of fused-ring (bicyclic) bond motifs is 1. The minimum Gasteiger partial charge on any atom is -0.496 e. The summed E-state index contributed by atoms with van der Waals surface area (Å²) in [5.74, 6) is 0.0226. The number of carbonyl (C=O) groups excluding carboxylic acids is 2. The van der Waals surface area contributed by atoms with Gasteiger partial charge in [0, 0.05) is 12.5 Å². The van der Waals surface area contributed by atoms with Gasteiger partial charge in [0.25, 0.3) is 5.56 Å². The first-order chi connectivity index (χ1) is 16.8. The molecule has 0 aliphatic carbocycles. The van der Waals surface area contributed by atoms with E-state index in [1.54, 1.807) is 51.3 Å². The smallest absolute Gasteiger partial charge is 0.338 e. The first-order valence-electron chi connectivity index (χ1n) is 10.9. The minimum atomic E-state index is -0.753. The van der Waals surface area contributed by atoms with Crippen LogP contribution in [-0.2, 0) is 14.3 Å². The van der Waals surface area contributed by atoms with Gasteiger partial charge in [0.15, 0.2) is 4.80 Å². The number of para-hydroxylation sites is 1. The summed E-state index contributed by atoms with van der Waals surface area (Å²) in [5.41, 5.74) is 1.88. The van der Waals surface area contributed by atoms with Crippen molar-refractivity contribution in [3.63, 3.8) is 0 Å². The molecular formula is C26H24N2O6S. The van der Waals surface area contributed by atoms with Gasteiger partial charge in [-0.3, -0.25) is 14.2 Å². The van der Waals surface area contributed by atoms with Gasteiger partial charge in [0.2, 0.25) is 0 Å². The zero-order chi connectivity index (χ0) is 25.1. The Morgan fingerprint density at radius 2 is 1.86 bits per heavy atom. The highest BCUT2D eigenvalue weighted by atomic mass is 32.1. The fraction of sp³-hybridized carbons (Fsp3) is 0.231. The number of carbonyl (C=O) groups is 2. The molecule has 0 amide bonds. The van der Waals surface area contributed by atoms with Crippen LogP contribution in [0.2, 0.25) is 0 Å². The Balaban J connectivity index is 1.92. The first kappa shape index (κ1) is 24.2. The van der Waals surface area contributed by atoms with Gasteiger partial charge >= 0.3 is 11.9 Å². The van der Waals surface area contributed by atoms with Gasteiger partial charge < -0.3 is 14.2 Å². The van der Waals surface area contributed by atoms with Crippen molar-refractivity contribution < 1.29 is 23.8 Å². The van der Waals surface area contributed by atoms with Crippen molar-refractivity contribution in [2.24, 2.45) is 4.99 Å². The van der Waals surface area contributed by atoms with Crippen LogP contribution in [0.15, 0.2) is 69.6 Å². The van der Waals surface area contributed by atoms with Gasteiger partial charge in [-0.1, -0.05) is 41.7 Å².